The first-order chi connectivity index (χ1) is 8.99. The Bertz CT molecular complexity index is 627. The second-order valence-electron chi connectivity index (χ2n) is 3.58. The summed E-state index contributed by atoms with van der Waals surface area (Å²) in [6, 6.07) is 6.33. The quantitative estimate of drug-likeness (QED) is 0.876. The molecule has 1 heterocycles. The van der Waals surface area contributed by atoms with Crippen LogP contribution in [0.2, 0.25) is 15.1 Å². The van der Waals surface area contributed by atoms with Gasteiger partial charge in [0.25, 0.3) is 0 Å². The van der Waals surface area contributed by atoms with Crippen LogP contribution in [0.5, 0.6) is 0 Å². The van der Waals surface area contributed by atoms with E-state index in [-0.39, 0.29) is 16.4 Å². The number of carboxylic acids is 1. The molecular weight excluding hydrogens is 311 g/mol. The van der Waals surface area contributed by atoms with Crippen molar-refractivity contribution in [3.8, 4) is 0 Å². The van der Waals surface area contributed by atoms with Crippen LogP contribution < -0.4 is 5.32 Å². The maximum Gasteiger partial charge on any atom is 0.337 e. The van der Waals surface area contributed by atoms with E-state index < -0.39 is 5.97 Å². The predicted octanol–water partition coefficient (Wildman–Crippen LogP) is 4.48. The fourth-order valence-electron chi connectivity index (χ4n) is 1.38. The number of carbonyl (C=O) groups is 1. The van der Waals surface area contributed by atoms with Gasteiger partial charge in [0.1, 0.15) is 5.82 Å². The van der Waals surface area contributed by atoms with Crippen LogP contribution in [0.4, 0.5) is 11.5 Å². The average molecular weight is 318 g/mol. The van der Waals surface area contributed by atoms with Crippen molar-refractivity contribution < 1.29 is 9.90 Å². The van der Waals surface area contributed by atoms with E-state index in [1.165, 1.54) is 12.3 Å². The number of para-hydroxylation sites is 1. The first kappa shape index (κ1) is 13.9. The van der Waals surface area contributed by atoms with Crippen LogP contribution in [0.25, 0.3) is 0 Å². The number of pyridine rings is 1. The Labute approximate surface area is 123 Å². The number of hydrogen-bond donors (Lipinski definition) is 2. The van der Waals surface area contributed by atoms with Crippen LogP contribution in [-0.4, -0.2) is 16.1 Å². The molecule has 0 aliphatic rings. The van der Waals surface area contributed by atoms with Gasteiger partial charge in [0, 0.05) is 6.20 Å². The molecule has 0 saturated heterocycles. The monoisotopic (exact) mass is 316 g/mol. The van der Waals surface area contributed by atoms with Gasteiger partial charge in [0.15, 0.2) is 0 Å². The number of benzene rings is 1. The number of carboxylic acid groups (broad SMARTS) is 1. The molecule has 0 bridgehead atoms. The van der Waals surface area contributed by atoms with Gasteiger partial charge in [-0.25, -0.2) is 9.78 Å². The summed E-state index contributed by atoms with van der Waals surface area (Å²) in [5.74, 6) is -0.821. The van der Waals surface area contributed by atoms with Crippen molar-refractivity contribution in [1.29, 1.82) is 0 Å². The maximum absolute atomic E-state index is 10.8. The maximum atomic E-state index is 10.8. The van der Waals surface area contributed by atoms with Gasteiger partial charge in [0.2, 0.25) is 0 Å². The zero-order chi connectivity index (χ0) is 14.0. The number of nitrogens with zero attached hydrogens (tertiary/aromatic N) is 1. The SMILES string of the molecule is O=C(O)c1cnc(Nc2c(Cl)cccc2Cl)c(Cl)c1. The Kier molecular flexibility index (Phi) is 4.14. The van der Waals surface area contributed by atoms with Crippen molar-refractivity contribution in [3.63, 3.8) is 0 Å². The molecular formula is C12H7Cl3N2O2. The molecule has 0 spiro atoms. The minimum absolute atomic E-state index is 0.000746. The number of aromatic nitrogens is 1. The van der Waals surface area contributed by atoms with Gasteiger partial charge in [-0.1, -0.05) is 40.9 Å². The Morgan fingerprint density at radius 2 is 1.79 bits per heavy atom. The van der Waals surface area contributed by atoms with E-state index in [1.807, 2.05) is 0 Å². The summed E-state index contributed by atoms with van der Waals surface area (Å²) < 4.78 is 0. The topological polar surface area (TPSA) is 62.2 Å². The third-order valence-electron chi connectivity index (χ3n) is 2.29. The highest BCUT2D eigenvalue weighted by Gasteiger charge is 2.11. The highest BCUT2D eigenvalue weighted by atomic mass is 35.5. The van der Waals surface area contributed by atoms with Crippen LogP contribution in [0.3, 0.4) is 0 Å². The molecule has 98 valence electrons. The van der Waals surface area contributed by atoms with Crippen molar-refractivity contribution in [2.75, 3.05) is 5.32 Å². The summed E-state index contributed by atoms with van der Waals surface area (Å²) in [5, 5.41) is 12.7. The fourth-order valence-corrected chi connectivity index (χ4v) is 2.09. The summed E-state index contributed by atoms with van der Waals surface area (Å²) in [6.07, 6.45) is 1.20. The lowest BCUT2D eigenvalue weighted by atomic mass is 10.2. The molecule has 0 fully saturated rings. The summed E-state index contributed by atoms with van der Waals surface area (Å²) in [6.45, 7) is 0. The summed E-state index contributed by atoms with van der Waals surface area (Å²) in [4.78, 5) is 14.7. The fraction of sp³-hybridized carbons (Fsp3) is 0. The van der Waals surface area contributed by atoms with Crippen molar-refractivity contribution in [1.82, 2.24) is 4.98 Å². The van der Waals surface area contributed by atoms with E-state index in [9.17, 15) is 4.79 Å². The van der Waals surface area contributed by atoms with Crippen LogP contribution in [0.15, 0.2) is 30.5 Å². The van der Waals surface area contributed by atoms with Crippen molar-refractivity contribution in [2.24, 2.45) is 0 Å². The molecule has 1 aromatic heterocycles. The van der Waals surface area contributed by atoms with Crippen LogP contribution in [-0.2, 0) is 0 Å². The highest BCUT2D eigenvalue weighted by molar-refractivity contribution is 6.39. The molecule has 0 radical (unpaired) electrons. The lowest BCUT2D eigenvalue weighted by Crippen LogP contribution is -2.01. The van der Waals surface area contributed by atoms with Crippen LogP contribution in [0, 0.1) is 0 Å². The Morgan fingerprint density at radius 3 is 2.32 bits per heavy atom. The van der Waals surface area contributed by atoms with Crippen molar-refractivity contribution in [2.45, 2.75) is 0 Å². The van der Waals surface area contributed by atoms with Gasteiger partial charge < -0.3 is 10.4 Å². The minimum Gasteiger partial charge on any atom is -0.478 e. The van der Waals surface area contributed by atoms with E-state index in [2.05, 4.69) is 10.3 Å². The van der Waals surface area contributed by atoms with Gasteiger partial charge in [-0.3, -0.25) is 0 Å². The summed E-state index contributed by atoms with van der Waals surface area (Å²) >= 11 is 18.0. The van der Waals surface area contributed by atoms with Gasteiger partial charge in [-0.05, 0) is 18.2 Å². The molecule has 0 unspecified atom stereocenters. The number of nitrogens with one attached hydrogen (secondary N) is 1. The lowest BCUT2D eigenvalue weighted by molar-refractivity contribution is 0.0696. The molecule has 0 aliphatic heterocycles. The summed E-state index contributed by atoms with van der Waals surface area (Å²) in [7, 11) is 0. The van der Waals surface area contributed by atoms with Crippen molar-refractivity contribution in [3.05, 3.63) is 51.1 Å². The molecule has 2 N–H and O–H groups in total. The van der Waals surface area contributed by atoms with Crippen LogP contribution in [0.1, 0.15) is 10.4 Å². The van der Waals surface area contributed by atoms with E-state index >= 15 is 0 Å². The number of hydrogen-bond acceptors (Lipinski definition) is 3. The van der Waals surface area contributed by atoms with E-state index in [1.54, 1.807) is 18.2 Å². The molecule has 2 aromatic rings. The molecule has 2 rings (SSSR count). The molecule has 0 atom stereocenters. The second-order valence-corrected chi connectivity index (χ2v) is 4.80. The first-order valence-corrected chi connectivity index (χ1v) is 6.22. The summed E-state index contributed by atoms with van der Waals surface area (Å²) in [5.41, 5.74) is 0.462. The number of aromatic carboxylic acids is 1. The molecule has 0 amide bonds. The first-order valence-electron chi connectivity index (χ1n) is 5.09. The van der Waals surface area contributed by atoms with Gasteiger partial charge >= 0.3 is 5.97 Å². The van der Waals surface area contributed by atoms with E-state index in [0.29, 0.717) is 15.7 Å². The molecule has 19 heavy (non-hydrogen) atoms. The minimum atomic E-state index is -1.10. The predicted molar refractivity (Wildman–Crippen MR) is 76.0 cm³/mol. The zero-order valence-corrected chi connectivity index (χ0v) is 11.6. The largest absolute Gasteiger partial charge is 0.478 e. The molecule has 0 saturated carbocycles. The Balaban J connectivity index is 2.36. The van der Waals surface area contributed by atoms with Crippen molar-refractivity contribution >= 4 is 52.3 Å². The van der Waals surface area contributed by atoms with Crippen LogP contribution >= 0.6 is 34.8 Å². The normalized spacial score (nSPS) is 10.3. The Hall–Kier alpha value is -1.49. The lowest BCUT2D eigenvalue weighted by Gasteiger charge is -2.11. The second kappa shape index (κ2) is 5.65. The van der Waals surface area contributed by atoms with Gasteiger partial charge in [-0.2, -0.15) is 0 Å². The third kappa shape index (κ3) is 3.10. The molecule has 4 nitrogen and oxygen atoms in total. The number of anilines is 2. The number of halogens is 3. The number of rotatable bonds is 3. The molecule has 1 aromatic carbocycles. The highest BCUT2D eigenvalue weighted by Crippen LogP contribution is 2.34. The average Bonchev–Trinajstić information content (AvgIpc) is 2.35. The molecule has 7 heteroatoms. The third-order valence-corrected chi connectivity index (χ3v) is 3.21. The Morgan fingerprint density at radius 1 is 1.16 bits per heavy atom. The smallest absolute Gasteiger partial charge is 0.337 e. The van der Waals surface area contributed by atoms with E-state index in [4.69, 9.17) is 39.9 Å². The van der Waals surface area contributed by atoms with Gasteiger partial charge in [-0.15, -0.1) is 0 Å². The van der Waals surface area contributed by atoms with E-state index in [0.717, 1.165) is 0 Å². The molecule has 0 aliphatic carbocycles. The standard InChI is InChI=1S/C12H7Cl3N2O2/c13-7-2-1-3-8(14)10(7)17-11-9(15)4-6(5-16-11)12(18)19/h1-5H,(H,16,17)(H,18,19). The zero-order valence-electron chi connectivity index (χ0n) is 9.32. The van der Waals surface area contributed by atoms with Gasteiger partial charge in [0.05, 0.1) is 26.3 Å².